The third kappa shape index (κ3) is 2.20. The molecule has 0 fully saturated rings. The van der Waals surface area contributed by atoms with Gasteiger partial charge in [-0.1, -0.05) is 50.2 Å². The lowest BCUT2D eigenvalue weighted by atomic mass is 9.94. The van der Waals surface area contributed by atoms with Gasteiger partial charge in [-0.15, -0.1) is 0 Å². The Morgan fingerprint density at radius 3 is 2.79 bits per heavy atom. The first-order valence-electron chi connectivity index (χ1n) is 6.75. The van der Waals surface area contributed by atoms with Crippen molar-refractivity contribution in [2.75, 3.05) is 6.61 Å². The Hall–Kier alpha value is -1.58. The summed E-state index contributed by atoms with van der Waals surface area (Å²) in [7, 11) is 0. The summed E-state index contributed by atoms with van der Waals surface area (Å²) in [5, 5.41) is 15.9. The summed E-state index contributed by atoms with van der Waals surface area (Å²) in [6.07, 6.45) is -0.504. The maximum absolute atomic E-state index is 10.1. The molecule has 0 saturated carbocycles. The number of aliphatic hydroxyl groups excluding tert-OH is 1. The maximum atomic E-state index is 10.1. The van der Waals surface area contributed by atoms with Gasteiger partial charge in [0.05, 0.1) is 6.04 Å². The number of fused-ring (bicyclic) bond motifs is 3. The van der Waals surface area contributed by atoms with Crippen LogP contribution in [0.25, 0.3) is 10.8 Å². The number of nitrogens with one attached hydrogen (secondary N) is 1. The summed E-state index contributed by atoms with van der Waals surface area (Å²) in [6, 6.07) is 12.6. The highest BCUT2D eigenvalue weighted by Gasteiger charge is 2.30. The van der Waals surface area contributed by atoms with E-state index in [1.807, 2.05) is 12.1 Å². The Bertz CT molecular complexity index is 594. The molecular formula is C16H19NO2. The summed E-state index contributed by atoms with van der Waals surface area (Å²) < 4.78 is 5.77. The van der Waals surface area contributed by atoms with Crippen molar-refractivity contribution in [1.82, 2.24) is 5.32 Å². The molecule has 2 aromatic carbocycles. The molecule has 3 nitrogen and oxygen atoms in total. The van der Waals surface area contributed by atoms with Gasteiger partial charge in [0.25, 0.3) is 0 Å². The third-order valence-electron chi connectivity index (χ3n) is 3.54. The maximum Gasteiger partial charge on any atom is 0.132 e. The molecule has 0 aliphatic carbocycles. The zero-order valence-corrected chi connectivity index (χ0v) is 11.3. The highest BCUT2D eigenvalue weighted by atomic mass is 16.5. The minimum absolute atomic E-state index is 0.0617. The van der Waals surface area contributed by atoms with Crippen LogP contribution in [0.4, 0.5) is 0 Å². The molecule has 1 heterocycles. The quantitative estimate of drug-likeness (QED) is 0.869. The number of aliphatic hydroxyl groups is 1. The lowest BCUT2D eigenvalue weighted by Gasteiger charge is -2.33. The van der Waals surface area contributed by atoms with Gasteiger partial charge in [0.1, 0.15) is 18.5 Å². The summed E-state index contributed by atoms with van der Waals surface area (Å²) in [5.41, 5.74) is 1.05. The first kappa shape index (κ1) is 12.5. The Morgan fingerprint density at radius 1 is 1.21 bits per heavy atom. The molecule has 0 radical (unpaired) electrons. The summed E-state index contributed by atoms with van der Waals surface area (Å²) in [5.74, 6) is 0.904. The lowest BCUT2D eigenvalue weighted by molar-refractivity contribution is 0.0532. The molecule has 2 unspecified atom stereocenters. The molecular weight excluding hydrogens is 238 g/mol. The molecule has 1 aliphatic heterocycles. The van der Waals surface area contributed by atoms with Gasteiger partial charge in [-0.2, -0.15) is 0 Å². The van der Waals surface area contributed by atoms with Gasteiger partial charge >= 0.3 is 0 Å². The van der Waals surface area contributed by atoms with Crippen LogP contribution < -0.4 is 10.1 Å². The van der Waals surface area contributed by atoms with Crippen LogP contribution in [0.2, 0.25) is 0 Å². The molecule has 2 N–H and O–H groups in total. The first-order valence-corrected chi connectivity index (χ1v) is 6.75. The summed E-state index contributed by atoms with van der Waals surface area (Å²) in [4.78, 5) is 0. The second kappa shape index (κ2) is 4.83. The fraction of sp³-hybridized carbons (Fsp3) is 0.375. The van der Waals surface area contributed by atoms with E-state index in [-0.39, 0.29) is 6.04 Å². The standard InChI is InChI=1S/C16H19NO2/c1-10(2)17-15-13-8-7-11-5-3-4-6-12(11)16(13)19-9-14(15)18/h3-8,10,14-15,17-18H,9H2,1-2H3. The minimum Gasteiger partial charge on any atom is -0.490 e. The van der Waals surface area contributed by atoms with Crippen LogP contribution >= 0.6 is 0 Å². The molecule has 19 heavy (non-hydrogen) atoms. The van der Waals surface area contributed by atoms with E-state index in [2.05, 4.69) is 43.4 Å². The van der Waals surface area contributed by atoms with Crippen molar-refractivity contribution in [2.45, 2.75) is 32.0 Å². The molecule has 0 saturated heterocycles. The van der Waals surface area contributed by atoms with Crippen molar-refractivity contribution >= 4 is 10.8 Å². The number of hydrogen-bond acceptors (Lipinski definition) is 3. The van der Waals surface area contributed by atoms with Crippen LogP contribution in [-0.2, 0) is 0 Å². The van der Waals surface area contributed by atoms with Crippen LogP contribution in [-0.4, -0.2) is 23.9 Å². The van der Waals surface area contributed by atoms with Gasteiger partial charge in [0.2, 0.25) is 0 Å². The SMILES string of the molecule is CC(C)NC1c2ccc3ccccc3c2OCC1O. The van der Waals surface area contributed by atoms with E-state index in [1.165, 1.54) is 5.39 Å². The Labute approximate surface area is 113 Å². The van der Waals surface area contributed by atoms with Gasteiger partial charge < -0.3 is 15.2 Å². The van der Waals surface area contributed by atoms with Crippen molar-refractivity contribution in [2.24, 2.45) is 0 Å². The van der Waals surface area contributed by atoms with Crippen molar-refractivity contribution < 1.29 is 9.84 Å². The largest absolute Gasteiger partial charge is 0.490 e. The molecule has 0 aromatic heterocycles. The first-order chi connectivity index (χ1) is 9.16. The molecule has 1 aliphatic rings. The van der Waals surface area contributed by atoms with Crippen LogP contribution in [0.5, 0.6) is 5.75 Å². The fourth-order valence-electron chi connectivity index (χ4n) is 2.70. The van der Waals surface area contributed by atoms with Crippen molar-refractivity contribution in [3.05, 3.63) is 42.0 Å². The van der Waals surface area contributed by atoms with Crippen molar-refractivity contribution in [3.8, 4) is 5.75 Å². The minimum atomic E-state index is -0.504. The molecule has 0 amide bonds. The van der Waals surface area contributed by atoms with Gasteiger partial charge in [0, 0.05) is 17.0 Å². The molecule has 2 aromatic rings. The monoisotopic (exact) mass is 257 g/mol. The Morgan fingerprint density at radius 2 is 2.00 bits per heavy atom. The van der Waals surface area contributed by atoms with Gasteiger partial charge in [0.15, 0.2) is 0 Å². The van der Waals surface area contributed by atoms with E-state index in [0.29, 0.717) is 12.6 Å². The van der Waals surface area contributed by atoms with Crippen LogP contribution in [0.15, 0.2) is 36.4 Å². The third-order valence-corrected chi connectivity index (χ3v) is 3.54. The fourth-order valence-corrected chi connectivity index (χ4v) is 2.70. The Kier molecular flexibility index (Phi) is 3.17. The van der Waals surface area contributed by atoms with E-state index in [1.54, 1.807) is 0 Å². The van der Waals surface area contributed by atoms with Crippen molar-refractivity contribution in [3.63, 3.8) is 0 Å². The smallest absolute Gasteiger partial charge is 0.132 e. The summed E-state index contributed by atoms with van der Waals surface area (Å²) in [6.45, 7) is 4.51. The zero-order valence-electron chi connectivity index (χ0n) is 11.3. The van der Waals surface area contributed by atoms with E-state index in [0.717, 1.165) is 16.7 Å². The van der Waals surface area contributed by atoms with Gasteiger partial charge in [-0.3, -0.25) is 0 Å². The van der Waals surface area contributed by atoms with E-state index >= 15 is 0 Å². The molecule has 100 valence electrons. The van der Waals surface area contributed by atoms with Crippen LogP contribution in [0, 0.1) is 0 Å². The van der Waals surface area contributed by atoms with Gasteiger partial charge in [-0.05, 0) is 5.39 Å². The summed E-state index contributed by atoms with van der Waals surface area (Å²) >= 11 is 0. The van der Waals surface area contributed by atoms with E-state index in [4.69, 9.17) is 4.74 Å². The van der Waals surface area contributed by atoms with Crippen molar-refractivity contribution in [1.29, 1.82) is 0 Å². The molecule has 3 heteroatoms. The predicted octanol–water partition coefficient (Wildman–Crippen LogP) is 2.63. The second-order valence-corrected chi connectivity index (χ2v) is 5.38. The number of hydrogen-bond donors (Lipinski definition) is 2. The average molecular weight is 257 g/mol. The topological polar surface area (TPSA) is 41.5 Å². The predicted molar refractivity (Wildman–Crippen MR) is 76.5 cm³/mol. The lowest BCUT2D eigenvalue weighted by Crippen LogP contribution is -2.42. The Balaban J connectivity index is 2.12. The van der Waals surface area contributed by atoms with E-state index < -0.39 is 6.10 Å². The molecule has 0 spiro atoms. The molecule has 2 atom stereocenters. The normalized spacial score (nSPS) is 22.3. The highest BCUT2D eigenvalue weighted by molar-refractivity contribution is 5.90. The molecule has 3 rings (SSSR count). The van der Waals surface area contributed by atoms with Crippen LogP contribution in [0.1, 0.15) is 25.5 Å². The number of ether oxygens (including phenoxy) is 1. The number of benzene rings is 2. The second-order valence-electron chi connectivity index (χ2n) is 5.38. The number of rotatable bonds is 2. The average Bonchev–Trinajstić information content (AvgIpc) is 2.41. The van der Waals surface area contributed by atoms with Gasteiger partial charge in [-0.25, -0.2) is 0 Å². The zero-order chi connectivity index (χ0) is 13.4. The van der Waals surface area contributed by atoms with Crippen LogP contribution in [0.3, 0.4) is 0 Å². The molecule has 0 bridgehead atoms. The highest BCUT2D eigenvalue weighted by Crippen LogP contribution is 2.38. The van der Waals surface area contributed by atoms with E-state index in [9.17, 15) is 5.11 Å².